The maximum Gasteiger partial charge on any atom is 0.408 e. The van der Waals surface area contributed by atoms with Crippen LogP contribution in [0.15, 0.2) is 24.3 Å². The molecule has 8 heteroatoms. The zero-order valence-corrected chi connectivity index (χ0v) is 22.1. The van der Waals surface area contributed by atoms with E-state index in [-0.39, 0.29) is 23.8 Å². The zero-order chi connectivity index (χ0) is 25.4. The van der Waals surface area contributed by atoms with Gasteiger partial charge in [-0.3, -0.25) is 4.79 Å². The van der Waals surface area contributed by atoms with Crippen LogP contribution >= 0.6 is 12.2 Å². The summed E-state index contributed by atoms with van der Waals surface area (Å²) in [6.45, 7) is 6.75. The Bertz CT molecular complexity index is 857. The smallest absolute Gasteiger partial charge is 0.408 e. The molecule has 0 aromatic heterocycles. The summed E-state index contributed by atoms with van der Waals surface area (Å²) in [6, 6.07) is 5.53. The van der Waals surface area contributed by atoms with Gasteiger partial charge in [0.15, 0.2) is 0 Å². The van der Waals surface area contributed by atoms with E-state index in [4.69, 9.17) is 17.0 Å². The van der Waals surface area contributed by atoms with Gasteiger partial charge in [0.2, 0.25) is 0 Å². The SMILES string of the molecule is CC(C)(C)OC(=O)NC(CCC1CCCCC1)C(=S)NC1CCN(C(=O)c2ccc(F)cc2)CC1. The predicted molar refractivity (Wildman–Crippen MR) is 140 cm³/mol. The normalized spacial score (nSPS) is 18.6. The van der Waals surface area contributed by atoms with E-state index in [2.05, 4.69) is 10.6 Å². The van der Waals surface area contributed by atoms with Gasteiger partial charge >= 0.3 is 6.09 Å². The summed E-state index contributed by atoms with van der Waals surface area (Å²) in [5.41, 5.74) is -0.0746. The third-order valence-corrected chi connectivity index (χ3v) is 7.22. The summed E-state index contributed by atoms with van der Waals surface area (Å²) in [6.07, 6.45) is 9.28. The number of rotatable bonds is 7. The van der Waals surface area contributed by atoms with Gasteiger partial charge in [-0.25, -0.2) is 9.18 Å². The average Bonchev–Trinajstić information content (AvgIpc) is 2.81. The van der Waals surface area contributed by atoms with E-state index >= 15 is 0 Å². The molecule has 0 bridgehead atoms. The number of ether oxygens (including phenoxy) is 1. The lowest BCUT2D eigenvalue weighted by Crippen LogP contribution is -2.52. The van der Waals surface area contributed by atoms with Gasteiger partial charge in [0.05, 0.1) is 11.0 Å². The number of amides is 2. The Kier molecular flexibility index (Phi) is 9.89. The number of likely N-dealkylation sites (tertiary alicyclic amines) is 1. The largest absolute Gasteiger partial charge is 0.444 e. The molecule has 2 aliphatic rings. The second-order valence-corrected chi connectivity index (χ2v) is 11.3. The molecule has 1 saturated heterocycles. The third-order valence-electron chi connectivity index (χ3n) is 6.82. The van der Waals surface area contributed by atoms with Crippen molar-refractivity contribution in [2.45, 2.75) is 96.2 Å². The van der Waals surface area contributed by atoms with Gasteiger partial charge in [0.1, 0.15) is 11.4 Å². The second-order valence-electron chi connectivity index (χ2n) is 10.9. The fraction of sp³-hybridized carbons (Fsp3) is 0.667. The fourth-order valence-electron chi connectivity index (χ4n) is 4.90. The van der Waals surface area contributed by atoms with E-state index < -0.39 is 11.7 Å². The first-order valence-electron chi connectivity index (χ1n) is 13.0. The maximum absolute atomic E-state index is 13.2. The highest BCUT2D eigenvalue weighted by atomic mass is 32.1. The van der Waals surface area contributed by atoms with Gasteiger partial charge in [-0.2, -0.15) is 0 Å². The first kappa shape index (κ1) is 27.4. The van der Waals surface area contributed by atoms with Crippen molar-refractivity contribution in [2.75, 3.05) is 13.1 Å². The fourth-order valence-corrected chi connectivity index (χ4v) is 5.24. The van der Waals surface area contributed by atoms with Crippen molar-refractivity contribution in [3.8, 4) is 0 Å². The number of carbonyl (C=O) groups excluding carboxylic acids is 2. The molecule has 6 nitrogen and oxygen atoms in total. The third kappa shape index (κ3) is 9.06. The summed E-state index contributed by atoms with van der Waals surface area (Å²) in [5, 5.41) is 6.45. The predicted octanol–water partition coefficient (Wildman–Crippen LogP) is 5.60. The topological polar surface area (TPSA) is 70.7 Å². The number of nitrogens with zero attached hydrogens (tertiary/aromatic N) is 1. The minimum Gasteiger partial charge on any atom is -0.444 e. The van der Waals surface area contributed by atoms with Crippen LogP contribution in [0.25, 0.3) is 0 Å². The Morgan fingerprint density at radius 1 is 1.09 bits per heavy atom. The van der Waals surface area contributed by atoms with Gasteiger partial charge in [-0.15, -0.1) is 0 Å². The number of carbonyl (C=O) groups is 2. The number of thiocarbonyl (C=S) groups is 1. The molecule has 2 fully saturated rings. The van der Waals surface area contributed by atoms with Gasteiger partial charge in [-0.1, -0.05) is 44.3 Å². The minimum absolute atomic E-state index is 0.0806. The van der Waals surface area contributed by atoms with Crippen LogP contribution in [-0.2, 0) is 4.74 Å². The highest BCUT2D eigenvalue weighted by Crippen LogP contribution is 2.28. The molecule has 1 aliphatic heterocycles. The van der Waals surface area contributed by atoms with Crippen LogP contribution in [0, 0.1) is 11.7 Å². The van der Waals surface area contributed by atoms with Crippen molar-refractivity contribution >= 4 is 29.2 Å². The van der Waals surface area contributed by atoms with E-state index in [1.807, 2.05) is 20.8 Å². The zero-order valence-electron chi connectivity index (χ0n) is 21.3. The van der Waals surface area contributed by atoms with E-state index in [1.54, 1.807) is 4.90 Å². The molecular formula is C27H40FN3O3S. The van der Waals surface area contributed by atoms with Crippen molar-refractivity contribution < 1.29 is 18.7 Å². The van der Waals surface area contributed by atoms with Crippen LogP contribution in [0.2, 0.25) is 0 Å². The molecule has 1 aromatic carbocycles. The molecule has 0 radical (unpaired) electrons. The van der Waals surface area contributed by atoms with E-state index in [9.17, 15) is 14.0 Å². The van der Waals surface area contributed by atoms with Gasteiger partial charge < -0.3 is 20.3 Å². The average molecular weight is 506 g/mol. The van der Waals surface area contributed by atoms with Crippen molar-refractivity contribution in [1.82, 2.24) is 15.5 Å². The Morgan fingerprint density at radius 2 is 1.71 bits per heavy atom. The van der Waals surface area contributed by atoms with Crippen molar-refractivity contribution in [3.05, 3.63) is 35.6 Å². The van der Waals surface area contributed by atoms with Gasteiger partial charge in [-0.05, 0) is 76.6 Å². The molecule has 35 heavy (non-hydrogen) atoms. The summed E-state index contributed by atoms with van der Waals surface area (Å²) in [4.78, 5) is 27.7. The summed E-state index contributed by atoms with van der Waals surface area (Å²) in [5.74, 6) is 0.258. The van der Waals surface area contributed by atoms with Gasteiger partial charge in [0, 0.05) is 24.7 Å². The lowest BCUT2D eigenvalue weighted by atomic mass is 9.85. The molecule has 2 amide bonds. The lowest BCUT2D eigenvalue weighted by Gasteiger charge is -2.34. The summed E-state index contributed by atoms with van der Waals surface area (Å²) in [7, 11) is 0. The summed E-state index contributed by atoms with van der Waals surface area (Å²) >= 11 is 5.76. The number of benzene rings is 1. The highest BCUT2D eigenvalue weighted by molar-refractivity contribution is 7.80. The monoisotopic (exact) mass is 505 g/mol. The summed E-state index contributed by atoms with van der Waals surface area (Å²) < 4.78 is 18.7. The molecule has 1 saturated carbocycles. The number of piperidine rings is 1. The Morgan fingerprint density at radius 3 is 2.31 bits per heavy atom. The number of nitrogens with one attached hydrogen (secondary N) is 2. The standard InChI is InChI=1S/C27H40FN3O3S/c1-27(2,3)34-26(33)30-23(14-9-19-7-5-4-6-8-19)24(35)29-22-15-17-31(18-16-22)25(32)20-10-12-21(28)13-11-20/h10-13,19,22-23H,4-9,14-18H2,1-3H3,(H,29,35)(H,30,33). The van der Waals surface area contributed by atoms with E-state index in [1.165, 1.54) is 56.4 Å². The van der Waals surface area contributed by atoms with Crippen LogP contribution in [0.5, 0.6) is 0 Å². The maximum atomic E-state index is 13.2. The molecule has 1 atom stereocenters. The van der Waals surface area contributed by atoms with Crippen LogP contribution in [0.3, 0.4) is 0 Å². The van der Waals surface area contributed by atoms with Crippen LogP contribution in [-0.4, -0.2) is 52.7 Å². The quantitative estimate of drug-likeness (QED) is 0.472. The molecule has 194 valence electrons. The molecule has 0 spiro atoms. The molecule has 1 aliphatic carbocycles. The Labute approximate surface area is 214 Å². The first-order chi connectivity index (χ1) is 16.6. The molecule has 1 aromatic rings. The molecule has 3 rings (SSSR count). The number of alkyl carbamates (subject to hydrolysis) is 1. The van der Waals surface area contributed by atoms with Crippen molar-refractivity contribution in [2.24, 2.45) is 5.92 Å². The Balaban J connectivity index is 1.53. The molecule has 2 N–H and O–H groups in total. The van der Waals surface area contributed by atoms with Crippen LogP contribution in [0.1, 0.15) is 88.9 Å². The Hall–Kier alpha value is -2.22. The van der Waals surface area contributed by atoms with Crippen LogP contribution in [0.4, 0.5) is 9.18 Å². The first-order valence-corrected chi connectivity index (χ1v) is 13.4. The number of halogens is 1. The highest BCUT2D eigenvalue weighted by Gasteiger charge is 2.28. The van der Waals surface area contributed by atoms with E-state index in [0.717, 1.165) is 25.7 Å². The second kappa shape index (κ2) is 12.7. The van der Waals surface area contributed by atoms with Crippen LogP contribution < -0.4 is 10.6 Å². The molecule has 1 heterocycles. The number of hydrogen-bond acceptors (Lipinski definition) is 4. The minimum atomic E-state index is -0.572. The van der Waals surface area contributed by atoms with Crippen molar-refractivity contribution in [3.63, 3.8) is 0 Å². The number of hydrogen-bond donors (Lipinski definition) is 2. The lowest BCUT2D eigenvalue weighted by molar-refractivity contribution is 0.0513. The van der Waals surface area contributed by atoms with Gasteiger partial charge in [0.25, 0.3) is 5.91 Å². The molecular weight excluding hydrogens is 465 g/mol. The van der Waals surface area contributed by atoms with Crippen molar-refractivity contribution in [1.29, 1.82) is 0 Å². The van der Waals surface area contributed by atoms with E-state index in [0.29, 0.717) is 29.6 Å². The molecule has 1 unspecified atom stereocenters.